The monoisotopic (exact) mass is 348 g/mol. The van der Waals surface area contributed by atoms with Gasteiger partial charge in [0.15, 0.2) is 0 Å². The van der Waals surface area contributed by atoms with Crippen molar-refractivity contribution in [3.8, 4) is 5.75 Å². The molecule has 0 unspecified atom stereocenters. The maximum atomic E-state index is 12.2. The number of carboxylic acids is 1. The fourth-order valence-corrected chi connectivity index (χ4v) is 2.70. The minimum absolute atomic E-state index is 0.00576. The number of hydrogen-bond acceptors (Lipinski definition) is 4. The van der Waals surface area contributed by atoms with Gasteiger partial charge in [0, 0.05) is 32.6 Å². The van der Waals surface area contributed by atoms with Crippen LogP contribution in [0.2, 0.25) is 0 Å². The zero-order chi connectivity index (χ0) is 18.2. The van der Waals surface area contributed by atoms with E-state index in [-0.39, 0.29) is 24.7 Å². The molecule has 0 atom stereocenters. The van der Waals surface area contributed by atoms with Gasteiger partial charge in [-0.15, -0.1) is 0 Å². The van der Waals surface area contributed by atoms with Gasteiger partial charge in [-0.1, -0.05) is 18.2 Å². The highest BCUT2D eigenvalue weighted by Crippen LogP contribution is 2.16. The van der Waals surface area contributed by atoms with E-state index in [1.54, 1.807) is 9.80 Å². The van der Waals surface area contributed by atoms with Gasteiger partial charge in [-0.25, -0.2) is 0 Å². The summed E-state index contributed by atoms with van der Waals surface area (Å²) in [6, 6.07) is 7.66. The molecule has 0 aliphatic carbocycles. The van der Waals surface area contributed by atoms with Crippen molar-refractivity contribution in [2.24, 2.45) is 0 Å². The molecule has 0 saturated carbocycles. The Balaban J connectivity index is 1.69. The molecular formula is C18H24N2O5. The van der Waals surface area contributed by atoms with E-state index < -0.39 is 5.97 Å². The van der Waals surface area contributed by atoms with Crippen molar-refractivity contribution >= 4 is 17.8 Å². The third-order valence-corrected chi connectivity index (χ3v) is 4.20. The van der Waals surface area contributed by atoms with Gasteiger partial charge in [-0.3, -0.25) is 14.4 Å². The Hall–Kier alpha value is -2.57. The van der Waals surface area contributed by atoms with E-state index in [0.717, 1.165) is 11.3 Å². The average Bonchev–Trinajstić information content (AvgIpc) is 2.61. The maximum absolute atomic E-state index is 12.2. The quantitative estimate of drug-likeness (QED) is 0.802. The number of benzene rings is 1. The summed E-state index contributed by atoms with van der Waals surface area (Å²) in [5.74, 6) is -0.358. The highest BCUT2D eigenvalue weighted by atomic mass is 16.5. The number of carboxylic acid groups (broad SMARTS) is 1. The number of carbonyl (C=O) groups excluding carboxylic acids is 2. The summed E-state index contributed by atoms with van der Waals surface area (Å²) in [6.45, 7) is 4.12. The first-order chi connectivity index (χ1) is 12.0. The number of rotatable bonds is 7. The average molecular weight is 348 g/mol. The van der Waals surface area contributed by atoms with Crippen LogP contribution in [-0.4, -0.2) is 65.5 Å². The van der Waals surface area contributed by atoms with Gasteiger partial charge in [0.05, 0.1) is 19.4 Å². The van der Waals surface area contributed by atoms with Gasteiger partial charge in [0.2, 0.25) is 11.8 Å². The number of para-hydroxylation sites is 1. The highest BCUT2D eigenvalue weighted by molar-refractivity contribution is 5.81. The molecule has 2 rings (SSSR count). The molecule has 1 saturated heterocycles. The normalized spacial score (nSPS) is 14.3. The molecule has 25 heavy (non-hydrogen) atoms. The van der Waals surface area contributed by atoms with E-state index in [9.17, 15) is 14.4 Å². The van der Waals surface area contributed by atoms with Crippen LogP contribution in [0.4, 0.5) is 0 Å². The van der Waals surface area contributed by atoms with Gasteiger partial charge >= 0.3 is 5.97 Å². The van der Waals surface area contributed by atoms with Crippen molar-refractivity contribution in [2.45, 2.75) is 26.2 Å². The largest absolute Gasteiger partial charge is 0.493 e. The smallest absolute Gasteiger partial charge is 0.303 e. The zero-order valence-electron chi connectivity index (χ0n) is 14.4. The summed E-state index contributed by atoms with van der Waals surface area (Å²) in [5, 5.41) is 8.62. The van der Waals surface area contributed by atoms with Crippen LogP contribution < -0.4 is 4.74 Å². The fraction of sp³-hybridized carbons (Fsp3) is 0.500. The highest BCUT2D eigenvalue weighted by Gasteiger charge is 2.24. The van der Waals surface area contributed by atoms with Crippen molar-refractivity contribution < 1.29 is 24.2 Å². The number of hydrogen-bond donors (Lipinski definition) is 1. The predicted molar refractivity (Wildman–Crippen MR) is 91.3 cm³/mol. The molecule has 0 spiro atoms. The van der Waals surface area contributed by atoms with Crippen molar-refractivity contribution in [1.82, 2.24) is 9.80 Å². The predicted octanol–water partition coefficient (Wildman–Crippen LogP) is 1.30. The lowest BCUT2D eigenvalue weighted by Gasteiger charge is -2.34. The number of aryl methyl sites for hydroxylation is 1. The van der Waals surface area contributed by atoms with Crippen LogP contribution >= 0.6 is 0 Å². The van der Waals surface area contributed by atoms with Crippen LogP contribution in [0.5, 0.6) is 5.75 Å². The van der Waals surface area contributed by atoms with E-state index in [1.165, 1.54) is 0 Å². The summed E-state index contributed by atoms with van der Waals surface area (Å²) in [7, 11) is 0. The lowest BCUT2D eigenvalue weighted by atomic mass is 10.2. The number of carbonyl (C=O) groups is 3. The van der Waals surface area contributed by atoms with Crippen LogP contribution in [0.25, 0.3) is 0 Å². The van der Waals surface area contributed by atoms with Gasteiger partial charge in [-0.05, 0) is 18.6 Å². The summed E-state index contributed by atoms with van der Waals surface area (Å²) >= 11 is 0. The zero-order valence-corrected chi connectivity index (χ0v) is 14.4. The Bertz CT molecular complexity index is 624. The minimum atomic E-state index is -0.976. The second-order valence-electron chi connectivity index (χ2n) is 6.02. The van der Waals surface area contributed by atoms with Crippen molar-refractivity contribution in [1.29, 1.82) is 0 Å². The molecule has 7 heteroatoms. The van der Waals surface area contributed by atoms with Crippen LogP contribution in [0.3, 0.4) is 0 Å². The molecular weight excluding hydrogens is 324 g/mol. The first-order valence-corrected chi connectivity index (χ1v) is 8.43. The summed E-state index contributed by atoms with van der Waals surface area (Å²) in [5.41, 5.74) is 1.03. The first kappa shape index (κ1) is 18.8. The van der Waals surface area contributed by atoms with Gasteiger partial charge < -0.3 is 19.6 Å². The van der Waals surface area contributed by atoms with E-state index >= 15 is 0 Å². The molecule has 0 bridgehead atoms. The Kier molecular flexibility index (Phi) is 6.80. The molecule has 1 heterocycles. The molecule has 0 aromatic heterocycles. The third kappa shape index (κ3) is 5.77. The van der Waals surface area contributed by atoms with E-state index in [2.05, 4.69) is 0 Å². The number of piperazine rings is 1. The van der Waals surface area contributed by atoms with E-state index in [0.29, 0.717) is 39.2 Å². The number of amides is 2. The topological polar surface area (TPSA) is 87.2 Å². The maximum Gasteiger partial charge on any atom is 0.303 e. The van der Waals surface area contributed by atoms with Gasteiger partial charge in [-0.2, -0.15) is 0 Å². The van der Waals surface area contributed by atoms with Crippen LogP contribution in [0.1, 0.15) is 24.8 Å². The van der Waals surface area contributed by atoms with Gasteiger partial charge in [0.1, 0.15) is 5.75 Å². The SMILES string of the molecule is Cc1ccccc1OCCC(=O)N1CCN(C(=O)CCC(=O)O)CC1. The number of ether oxygens (including phenoxy) is 1. The molecule has 136 valence electrons. The molecule has 1 N–H and O–H groups in total. The van der Waals surface area contributed by atoms with Crippen molar-refractivity contribution in [3.63, 3.8) is 0 Å². The summed E-state index contributed by atoms with van der Waals surface area (Å²) < 4.78 is 5.64. The molecule has 1 aliphatic heterocycles. The molecule has 1 aromatic carbocycles. The Morgan fingerprint density at radius 1 is 0.960 bits per heavy atom. The van der Waals surface area contributed by atoms with E-state index in [1.807, 2.05) is 31.2 Å². The summed E-state index contributed by atoms with van der Waals surface area (Å²) in [6.07, 6.45) is 0.142. The lowest BCUT2D eigenvalue weighted by Crippen LogP contribution is -2.50. The van der Waals surface area contributed by atoms with Gasteiger partial charge in [0.25, 0.3) is 0 Å². The van der Waals surface area contributed by atoms with Crippen LogP contribution in [-0.2, 0) is 14.4 Å². The van der Waals surface area contributed by atoms with Crippen LogP contribution in [0.15, 0.2) is 24.3 Å². The molecule has 2 amide bonds. The number of aliphatic carboxylic acids is 1. The number of nitrogens with zero attached hydrogens (tertiary/aromatic N) is 2. The van der Waals surface area contributed by atoms with Crippen molar-refractivity contribution in [3.05, 3.63) is 29.8 Å². The molecule has 7 nitrogen and oxygen atoms in total. The Labute approximate surface area is 147 Å². The van der Waals surface area contributed by atoms with E-state index in [4.69, 9.17) is 9.84 Å². The van der Waals surface area contributed by atoms with Crippen molar-refractivity contribution in [2.75, 3.05) is 32.8 Å². The first-order valence-electron chi connectivity index (χ1n) is 8.43. The molecule has 1 aromatic rings. The Morgan fingerprint density at radius 3 is 2.08 bits per heavy atom. The third-order valence-electron chi connectivity index (χ3n) is 4.20. The second kappa shape index (κ2) is 9.05. The molecule has 1 aliphatic rings. The standard InChI is InChI=1S/C18H24N2O5/c1-14-4-2-3-5-15(14)25-13-8-17(22)20-11-9-19(10-12-20)16(21)6-7-18(23)24/h2-5H,6-13H2,1H3,(H,23,24). The Morgan fingerprint density at radius 2 is 1.52 bits per heavy atom. The lowest BCUT2D eigenvalue weighted by molar-refractivity contribution is -0.143. The second-order valence-corrected chi connectivity index (χ2v) is 6.02. The molecule has 0 radical (unpaired) electrons. The summed E-state index contributed by atoms with van der Waals surface area (Å²) in [4.78, 5) is 38.0. The molecule has 1 fully saturated rings. The minimum Gasteiger partial charge on any atom is -0.493 e. The fourth-order valence-electron chi connectivity index (χ4n) is 2.70. The van der Waals surface area contributed by atoms with Crippen LogP contribution in [0, 0.1) is 6.92 Å².